The summed E-state index contributed by atoms with van der Waals surface area (Å²) in [4.78, 5) is 9.25. The van der Waals surface area contributed by atoms with E-state index in [-0.39, 0.29) is 6.29 Å². The van der Waals surface area contributed by atoms with Gasteiger partial charge in [0, 0.05) is 13.0 Å². The second-order valence-electron chi connectivity index (χ2n) is 3.97. The normalized spacial score (nSPS) is 9.24. The van der Waals surface area contributed by atoms with E-state index in [0.29, 0.717) is 0 Å². The molecule has 110 valence electrons. The Balaban J connectivity index is 0.000000383. The Kier molecular flexibility index (Phi) is 7.14. The summed E-state index contributed by atoms with van der Waals surface area (Å²) in [6.45, 7) is 4.84. The van der Waals surface area contributed by atoms with Crippen molar-refractivity contribution >= 4 is 5.97 Å². The summed E-state index contributed by atoms with van der Waals surface area (Å²) >= 11 is 0. The first kappa shape index (κ1) is 16.3. The van der Waals surface area contributed by atoms with E-state index in [2.05, 4.69) is 6.58 Å². The third-order valence-corrected chi connectivity index (χ3v) is 2.27. The molecule has 0 unspecified atom stereocenters. The van der Waals surface area contributed by atoms with Crippen LogP contribution in [0.15, 0.2) is 73.3 Å². The van der Waals surface area contributed by atoms with Crippen molar-refractivity contribution in [1.82, 2.24) is 0 Å². The molecule has 0 spiro atoms. The van der Waals surface area contributed by atoms with E-state index < -0.39 is 5.97 Å². The van der Waals surface area contributed by atoms with Crippen molar-refractivity contribution in [3.05, 3.63) is 73.3 Å². The monoisotopic (exact) mass is 286 g/mol. The van der Waals surface area contributed by atoms with Gasteiger partial charge in [0.05, 0.1) is 0 Å². The van der Waals surface area contributed by atoms with E-state index in [1.807, 2.05) is 67.6 Å². The Hall–Kier alpha value is -2.75. The van der Waals surface area contributed by atoms with E-state index in [1.54, 1.807) is 0 Å². The van der Waals surface area contributed by atoms with Gasteiger partial charge < -0.3 is 14.6 Å². The molecule has 2 aromatic rings. The molecule has 0 atom stereocenters. The van der Waals surface area contributed by atoms with Gasteiger partial charge >= 0.3 is 5.97 Å². The van der Waals surface area contributed by atoms with Crippen molar-refractivity contribution in [3.63, 3.8) is 0 Å². The topological polar surface area (TPSA) is 55.8 Å². The molecule has 21 heavy (non-hydrogen) atoms. The van der Waals surface area contributed by atoms with Gasteiger partial charge in [0.25, 0.3) is 0 Å². The number of hydrogen-bond acceptors (Lipinski definition) is 3. The van der Waals surface area contributed by atoms with Gasteiger partial charge in [-0.05, 0) is 24.3 Å². The Morgan fingerprint density at radius 1 is 1.00 bits per heavy atom. The zero-order chi connectivity index (χ0) is 15.5. The van der Waals surface area contributed by atoms with E-state index in [4.69, 9.17) is 14.6 Å². The third-order valence-electron chi connectivity index (χ3n) is 2.27. The molecule has 1 N–H and O–H groups in total. The van der Waals surface area contributed by atoms with Crippen LogP contribution in [0.5, 0.6) is 11.5 Å². The zero-order valence-electron chi connectivity index (χ0n) is 11.8. The van der Waals surface area contributed by atoms with E-state index in [1.165, 1.54) is 0 Å². The molecule has 0 saturated carbocycles. The fraction of sp³-hybridized carbons (Fsp3) is 0.118. The van der Waals surface area contributed by atoms with Gasteiger partial charge in [-0.25, -0.2) is 4.79 Å². The summed E-state index contributed by atoms with van der Waals surface area (Å²) in [5.41, 5.74) is 0. The molecule has 0 fully saturated rings. The minimum atomic E-state index is -0.981. The Morgan fingerprint density at radius 2 is 1.33 bits per heavy atom. The fourth-order valence-corrected chi connectivity index (χ4v) is 1.41. The zero-order valence-corrected chi connectivity index (χ0v) is 11.8. The quantitative estimate of drug-likeness (QED) is 0.672. The van der Waals surface area contributed by atoms with Crippen LogP contribution in [0.1, 0.15) is 6.92 Å². The van der Waals surface area contributed by atoms with E-state index in [0.717, 1.165) is 17.6 Å². The van der Waals surface area contributed by atoms with E-state index in [9.17, 15) is 4.79 Å². The molecule has 0 radical (unpaired) electrons. The Morgan fingerprint density at radius 3 is 1.62 bits per heavy atom. The highest BCUT2D eigenvalue weighted by atomic mass is 16.7. The largest absolute Gasteiger partial charge is 0.478 e. The Labute approximate surface area is 124 Å². The van der Waals surface area contributed by atoms with Crippen LogP contribution in [0.25, 0.3) is 0 Å². The second-order valence-corrected chi connectivity index (χ2v) is 3.97. The molecule has 0 aromatic heterocycles. The number of carboxylic acid groups (broad SMARTS) is 1. The maximum atomic E-state index is 9.25. The van der Waals surface area contributed by atoms with E-state index >= 15 is 0 Å². The predicted molar refractivity (Wildman–Crippen MR) is 81.4 cm³/mol. The van der Waals surface area contributed by atoms with Crippen molar-refractivity contribution in [3.8, 4) is 11.5 Å². The molecule has 2 aromatic carbocycles. The highest BCUT2D eigenvalue weighted by Gasteiger charge is 2.04. The summed E-state index contributed by atoms with van der Waals surface area (Å²) in [7, 11) is 0. The van der Waals surface area contributed by atoms with Crippen LogP contribution in [-0.4, -0.2) is 17.4 Å². The molecule has 0 saturated heterocycles. The van der Waals surface area contributed by atoms with Crippen LogP contribution in [-0.2, 0) is 4.79 Å². The SMILES string of the molecule is C=CC(=O)O.CC(Oc1ccccc1)Oc1ccccc1. The number of hydrogen-bond donors (Lipinski definition) is 1. The molecule has 0 aliphatic heterocycles. The summed E-state index contributed by atoms with van der Waals surface area (Å²) in [6.07, 6.45) is 0.532. The van der Waals surface area contributed by atoms with Gasteiger partial charge in [-0.2, -0.15) is 0 Å². The number of aliphatic carboxylic acids is 1. The highest BCUT2D eigenvalue weighted by molar-refractivity contribution is 5.78. The lowest BCUT2D eigenvalue weighted by atomic mass is 10.3. The third kappa shape index (κ3) is 7.42. The lowest BCUT2D eigenvalue weighted by Crippen LogP contribution is -2.19. The molecular formula is C17H18O4. The number of ether oxygens (including phenoxy) is 2. The van der Waals surface area contributed by atoms with Gasteiger partial charge in [-0.15, -0.1) is 0 Å². The average Bonchev–Trinajstić information content (AvgIpc) is 2.49. The maximum Gasteiger partial charge on any atom is 0.327 e. The number of para-hydroxylation sites is 2. The van der Waals surface area contributed by atoms with Gasteiger partial charge in [0.2, 0.25) is 6.29 Å². The van der Waals surface area contributed by atoms with Crippen molar-refractivity contribution in [2.45, 2.75) is 13.2 Å². The molecule has 0 amide bonds. The molecule has 0 aliphatic carbocycles. The standard InChI is InChI=1S/C14H14O2.C3H4O2/c1-12(15-13-8-4-2-5-9-13)16-14-10-6-3-7-11-14;1-2-3(4)5/h2-12H,1H3;2H,1H2,(H,4,5). The molecule has 0 aliphatic rings. The average molecular weight is 286 g/mol. The predicted octanol–water partition coefficient (Wildman–Crippen LogP) is 3.75. The first-order chi connectivity index (χ1) is 10.1. The van der Waals surface area contributed by atoms with Crippen LogP contribution >= 0.6 is 0 Å². The van der Waals surface area contributed by atoms with Gasteiger partial charge in [-0.3, -0.25) is 0 Å². The number of rotatable bonds is 5. The summed E-state index contributed by atoms with van der Waals surface area (Å²) in [6, 6.07) is 19.3. The van der Waals surface area contributed by atoms with Crippen molar-refractivity contribution < 1.29 is 19.4 Å². The van der Waals surface area contributed by atoms with Crippen LogP contribution < -0.4 is 9.47 Å². The maximum absolute atomic E-state index is 9.25. The van der Waals surface area contributed by atoms with Crippen molar-refractivity contribution in [2.75, 3.05) is 0 Å². The van der Waals surface area contributed by atoms with Gasteiger partial charge in [0.15, 0.2) is 0 Å². The fourth-order valence-electron chi connectivity index (χ4n) is 1.41. The van der Waals surface area contributed by atoms with Crippen LogP contribution in [0, 0.1) is 0 Å². The van der Waals surface area contributed by atoms with Crippen LogP contribution in [0.4, 0.5) is 0 Å². The number of benzene rings is 2. The molecule has 4 heteroatoms. The lowest BCUT2D eigenvalue weighted by Gasteiger charge is -2.16. The van der Waals surface area contributed by atoms with Crippen LogP contribution in [0.3, 0.4) is 0 Å². The smallest absolute Gasteiger partial charge is 0.327 e. The first-order valence-electron chi connectivity index (χ1n) is 6.40. The minimum absolute atomic E-state index is 0.301. The summed E-state index contributed by atoms with van der Waals surface area (Å²) < 4.78 is 11.2. The van der Waals surface area contributed by atoms with Crippen molar-refractivity contribution in [1.29, 1.82) is 0 Å². The summed E-state index contributed by atoms with van der Waals surface area (Å²) in [5.74, 6) is 0.641. The second kappa shape index (κ2) is 9.20. The molecule has 0 bridgehead atoms. The Bertz CT molecular complexity index is 496. The van der Waals surface area contributed by atoms with Gasteiger partial charge in [-0.1, -0.05) is 43.0 Å². The van der Waals surface area contributed by atoms with Crippen LogP contribution in [0.2, 0.25) is 0 Å². The molecular weight excluding hydrogens is 268 g/mol. The molecule has 4 nitrogen and oxygen atoms in total. The van der Waals surface area contributed by atoms with Crippen molar-refractivity contribution in [2.24, 2.45) is 0 Å². The molecule has 2 rings (SSSR count). The lowest BCUT2D eigenvalue weighted by molar-refractivity contribution is -0.131. The minimum Gasteiger partial charge on any atom is -0.478 e. The van der Waals surface area contributed by atoms with Gasteiger partial charge in [0.1, 0.15) is 11.5 Å². The first-order valence-corrected chi connectivity index (χ1v) is 6.40. The summed E-state index contributed by atoms with van der Waals surface area (Å²) in [5, 5.41) is 7.60. The molecule has 0 heterocycles. The number of carbonyl (C=O) groups is 1. The highest BCUT2D eigenvalue weighted by Crippen LogP contribution is 2.15. The number of carboxylic acids is 1.